The van der Waals surface area contributed by atoms with Gasteiger partial charge in [-0.1, -0.05) is 152 Å². The minimum Gasteiger partial charge on any atom is -0.309 e. The van der Waals surface area contributed by atoms with Gasteiger partial charge in [-0.25, -0.2) is 9.97 Å². The van der Waals surface area contributed by atoms with E-state index in [0.29, 0.717) is 5.44 Å². The summed E-state index contributed by atoms with van der Waals surface area (Å²) in [5.41, 5.74) is 12.5. The fourth-order valence-electron chi connectivity index (χ4n) is 11.6. The van der Waals surface area contributed by atoms with Gasteiger partial charge >= 0.3 is 0 Å². The van der Waals surface area contributed by atoms with E-state index in [1.54, 1.807) is 12.4 Å². The molecule has 0 bridgehead atoms. The molecule has 14 aromatic rings. The maximum atomic E-state index is 15.4. The lowest BCUT2D eigenvalue weighted by molar-refractivity contribution is 0.592. The van der Waals surface area contributed by atoms with Crippen LogP contribution in [0.2, 0.25) is 0 Å². The predicted molar refractivity (Wildman–Crippen MR) is 288 cm³/mol. The van der Waals surface area contributed by atoms with Crippen molar-refractivity contribution in [3.63, 3.8) is 0 Å². The standard InChI is InChI=1S/2C30H18N3OP/c34-35(26-15-7-2-9-19(26)20-10-3-8-16-27(20)35)30-28-21-11-1-5-13-24(21)33-25-14-6-4-12-23(25)32-29(33)22(28)17-18-31-30;34-35(26-13-5-1-8-19(26)20-9-2-6-14-27(20)35)28-15-7-12-25-29(28)22-18-31-17-16-21(22)30-32-23-10-3-4-11-24(23)33(25)30/h2*1-18H. The summed E-state index contributed by atoms with van der Waals surface area (Å²) in [7, 11) is -6.35. The number of fused-ring (bicyclic) bond motifs is 22. The summed E-state index contributed by atoms with van der Waals surface area (Å²) in [6.07, 6.45) is 5.48. The van der Waals surface area contributed by atoms with Gasteiger partial charge in [-0.05, 0) is 70.8 Å². The maximum absolute atomic E-state index is 15.4. The number of aromatic nitrogens is 6. The smallest absolute Gasteiger partial charge is 0.190 e. The van der Waals surface area contributed by atoms with Crippen molar-refractivity contribution in [2.24, 2.45) is 0 Å². The lowest BCUT2D eigenvalue weighted by atomic mass is 10.1. The predicted octanol–water partition coefficient (Wildman–Crippen LogP) is 11.6. The van der Waals surface area contributed by atoms with Gasteiger partial charge in [0.25, 0.3) is 0 Å². The lowest BCUT2D eigenvalue weighted by Gasteiger charge is -2.20. The van der Waals surface area contributed by atoms with Gasteiger partial charge in [0, 0.05) is 77.4 Å². The van der Waals surface area contributed by atoms with Crippen LogP contribution in [-0.2, 0) is 9.13 Å². The van der Waals surface area contributed by atoms with E-state index in [0.717, 1.165) is 125 Å². The molecular formula is C60H36N6O2P2. The zero-order valence-corrected chi connectivity index (χ0v) is 39.0. The van der Waals surface area contributed by atoms with Gasteiger partial charge < -0.3 is 9.13 Å². The summed E-state index contributed by atoms with van der Waals surface area (Å²) >= 11 is 0. The van der Waals surface area contributed by atoms with Crippen molar-refractivity contribution in [3.8, 4) is 22.3 Å². The Morgan fingerprint density at radius 1 is 0.343 bits per heavy atom. The average molecular weight is 935 g/mol. The Hall–Kier alpha value is -8.54. The molecule has 6 aromatic heterocycles. The summed E-state index contributed by atoms with van der Waals surface area (Å²) in [6.45, 7) is 0. The van der Waals surface area contributed by atoms with Crippen molar-refractivity contribution in [2.45, 2.75) is 0 Å². The van der Waals surface area contributed by atoms with E-state index in [1.807, 2.05) is 152 Å². The van der Waals surface area contributed by atoms with E-state index in [9.17, 15) is 0 Å². The van der Waals surface area contributed by atoms with Gasteiger partial charge in [-0.3, -0.25) is 18.8 Å². The minimum atomic E-state index is -3.21. The van der Waals surface area contributed by atoms with E-state index in [2.05, 4.69) is 68.4 Å². The number of nitrogens with zero attached hydrogens (tertiary/aromatic N) is 6. The van der Waals surface area contributed by atoms with Crippen LogP contribution >= 0.6 is 14.3 Å². The van der Waals surface area contributed by atoms with Crippen molar-refractivity contribution in [2.75, 3.05) is 0 Å². The number of rotatable bonds is 2. The Morgan fingerprint density at radius 3 is 1.41 bits per heavy atom. The van der Waals surface area contributed by atoms with Crippen LogP contribution in [0, 0.1) is 0 Å². The zero-order chi connectivity index (χ0) is 46.3. The summed E-state index contributed by atoms with van der Waals surface area (Å²) in [5, 5.41) is 10.2. The van der Waals surface area contributed by atoms with E-state index in [4.69, 9.17) is 15.0 Å². The molecule has 16 rings (SSSR count). The molecule has 0 fully saturated rings. The first-order valence-electron chi connectivity index (χ1n) is 23.3. The quantitative estimate of drug-likeness (QED) is 0.127. The molecule has 8 nitrogen and oxygen atoms in total. The highest BCUT2D eigenvalue weighted by Crippen LogP contribution is 2.55. The fraction of sp³-hybridized carbons (Fsp3) is 0. The first-order valence-corrected chi connectivity index (χ1v) is 26.7. The molecule has 2 aliphatic heterocycles. The molecule has 0 spiro atoms. The lowest BCUT2D eigenvalue weighted by Crippen LogP contribution is -2.24. The molecule has 0 saturated carbocycles. The third-order valence-corrected chi connectivity index (χ3v) is 20.8. The third-order valence-electron chi connectivity index (χ3n) is 14.5. The zero-order valence-electron chi connectivity index (χ0n) is 37.2. The van der Waals surface area contributed by atoms with Crippen LogP contribution in [0.1, 0.15) is 0 Å². The molecule has 8 aromatic carbocycles. The van der Waals surface area contributed by atoms with E-state index in [1.165, 1.54) is 0 Å². The second-order valence-electron chi connectivity index (χ2n) is 18.0. The van der Waals surface area contributed by atoms with Crippen LogP contribution < -0.4 is 32.0 Å². The van der Waals surface area contributed by atoms with Crippen molar-refractivity contribution < 1.29 is 9.13 Å². The molecule has 8 heterocycles. The van der Waals surface area contributed by atoms with Crippen LogP contribution in [0.25, 0.3) is 99.0 Å². The molecule has 10 heteroatoms. The number of para-hydroxylation sites is 5. The Morgan fingerprint density at radius 2 is 0.800 bits per heavy atom. The second kappa shape index (κ2) is 14.5. The van der Waals surface area contributed by atoms with E-state index >= 15 is 9.13 Å². The van der Waals surface area contributed by atoms with Gasteiger partial charge in [0.15, 0.2) is 14.3 Å². The normalized spacial score (nSPS) is 14.1. The van der Waals surface area contributed by atoms with Crippen molar-refractivity contribution in [1.29, 1.82) is 0 Å². The summed E-state index contributed by atoms with van der Waals surface area (Å²) in [6, 6.07) is 67.2. The average Bonchev–Trinajstić information content (AvgIpc) is 4.16. The van der Waals surface area contributed by atoms with Gasteiger partial charge in [-0.15, -0.1) is 0 Å². The summed E-state index contributed by atoms with van der Waals surface area (Å²) < 4.78 is 35.2. The third kappa shape index (κ3) is 5.11. The highest BCUT2D eigenvalue weighted by Gasteiger charge is 2.43. The molecule has 0 radical (unpaired) electrons. The van der Waals surface area contributed by atoms with Crippen molar-refractivity contribution >= 4 is 123 Å². The number of pyridine rings is 4. The Balaban J connectivity index is 0.000000126. The minimum absolute atomic E-state index is 0.637. The van der Waals surface area contributed by atoms with Crippen molar-refractivity contribution in [1.82, 2.24) is 28.7 Å². The molecule has 0 N–H and O–H groups in total. The topological polar surface area (TPSA) is 94.5 Å². The summed E-state index contributed by atoms with van der Waals surface area (Å²) in [5.74, 6) is 0. The number of imidazole rings is 2. The fourth-order valence-corrected chi connectivity index (χ4v) is 18.1. The number of benzene rings is 8. The monoisotopic (exact) mass is 934 g/mol. The Kier molecular flexibility index (Phi) is 8.17. The molecule has 0 unspecified atom stereocenters. The molecule has 0 aliphatic carbocycles. The Labute approximate surface area is 399 Å². The van der Waals surface area contributed by atoms with Gasteiger partial charge in [0.05, 0.1) is 33.1 Å². The molecule has 0 saturated heterocycles. The highest BCUT2D eigenvalue weighted by molar-refractivity contribution is 7.87. The van der Waals surface area contributed by atoms with E-state index < -0.39 is 14.3 Å². The first-order chi connectivity index (χ1) is 34.5. The molecule has 0 atom stereocenters. The van der Waals surface area contributed by atoms with Crippen LogP contribution in [0.4, 0.5) is 0 Å². The largest absolute Gasteiger partial charge is 0.309 e. The van der Waals surface area contributed by atoms with Gasteiger partial charge in [0.2, 0.25) is 0 Å². The Bertz CT molecular complexity index is 4610. The molecule has 70 heavy (non-hydrogen) atoms. The van der Waals surface area contributed by atoms with Crippen LogP contribution in [0.15, 0.2) is 219 Å². The summed E-state index contributed by atoms with van der Waals surface area (Å²) in [4.78, 5) is 19.3. The van der Waals surface area contributed by atoms with Gasteiger partial charge in [0.1, 0.15) is 16.7 Å². The van der Waals surface area contributed by atoms with Gasteiger partial charge in [-0.2, -0.15) is 0 Å². The van der Waals surface area contributed by atoms with Crippen molar-refractivity contribution in [3.05, 3.63) is 219 Å². The SMILES string of the molecule is O=P1(c2cccc3c2c2cnccc2c2nc4ccccc4n32)c2ccccc2-c2ccccc21.O=P1(c2nccc3c2c2ccccc2n2c4ccccc4nc32)c2ccccc2-c2ccccc21. The number of hydrogen-bond donors (Lipinski definition) is 0. The van der Waals surface area contributed by atoms with Crippen LogP contribution in [-0.4, -0.2) is 28.7 Å². The van der Waals surface area contributed by atoms with Crippen LogP contribution in [0.3, 0.4) is 0 Å². The molecule has 2 aliphatic rings. The van der Waals surface area contributed by atoms with Crippen LogP contribution in [0.5, 0.6) is 0 Å². The number of hydrogen-bond acceptors (Lipinski definition) is 6. The molecule has 328 valence electrons. The van der Waals surface area contributed by atoms with E-state index in [-0.39, 0.29) is 0 Å². The first kappa shape index (κ1) is 39.5. The molecular weight excluding hydrogens is 899 g/mol. The second-order valence-corrected chi connectivity index (χ2v) is 23.2. The molecule has 0 amide bonds. The highest BCUT2D eigenvalue weighted by atomic mass is 31.2. The maximum Gasteiger partial charge on any atom is 0.190 e.